The normalized spacial score (nSPS) is 16.9. The molecule has 1 unspecified atom stereocenters. The van der Waals surface area contributed by atoms with Crippen LogP contribution in [-0.2, 0) is 9.84 Å². The number of sulfone groups is 1. The number of piperidine rings is 1. The van der Waals surface area contributed by atoms with Crippen LogP contribution in [0.25, 0.3) is 0 Å². The van der Waals surface area contributed by atoms with Gasteiger partial charge in [0.1, 0.15) is 33.0 Å². The Kier molecular flexibility index (Phi) is 6.46. The van der Waals surface area contributed by atoms with E-state index in [-0.39, 0.29) is 23.1 Å². The molecule has 8 heteroatoms. The second-order valence-electron chi connectivity index (χ2n) is 7.21. The van der Waals surface area contributed by atoms with Crippen molar-refractivity contribution in [2.45, 2.75) is 12.8 Å². The predicted molar refractivity (Wildman–Crippen MR) is 111 cm³/mol. The molecule has 1 heterocycles. The number of nitriles is 1. The molecule has 1 saturated heterocycles. The molecule has 0 spiro atoms. The SMILES string of the molecule is CS(=O)(=O)CC1CCCN(C(=O)c2cccc(Oc3cccc(Cl)c3C#N)c2)C1. The zero-order valence-corrected chi connectivity index (χ0v) is 17.5. The number of ether oxygens (including phenoxy) is 1. The molecule has 0 radical (unpaired) electrons. The lowest BCUT2D eigenvalue weighted by atomic mass is 9.99. The molecule has 3 rings (SSSR count). The third-order valence-corrected chi connectivity index (χ3v) is 6.13. The van der Waals surface area contributed by atoms with Gasteiger partial charge in [-0.3, -0.25) is 4.79 Å². The first-order valence-corrected chi connectivity index (χ1v) is 11.6. The Balaban J connectivity index is 1.76. The fourth-order valence-electron chi connectivity index (χ4n) is 3.51. The Morgan fingerprint density at radius 2 is 2.07 bits per heavy atom. The average Bonchev–Trinajstić information content (AvgIpc) is 2.67. The van der Waals surface area contributed by atoms with Gasteiger partial charge in [0.15, 0.2) is 0 Å². The third-order valence-electron chi connectivity index (χ3n) is 4.74. The highest BCUT2D eigenvalue weighted by atomic mass is 35.5. The summed E-state index contributed by atoms with van der Waals surface area (Å²) in [5, 5.41) is 9.57. The van der Waals surface area contributed by atoms with Crippen LogP contribution in [0.4, 0.5) is 0 Å². The third kappa shape index (κ3) is 5.49. The van der Waals surface area contributed by atoms with Crippen LogP contribution in [0.1, 0.15) is 28.8 Å². The molecule has 1 atom stereocenters. The molecule has 0 aliphatic carbocycles. The molecule has 6 nitrogen and oxygen atoms in total. The molecule has 0 N–H and O–H groups in total. The van der Waals surface area contributed by atoms with Gasteiger partial charge in [-0.1, -0.05) is 23.7 Å². The van der Waals surface area contributed by atoms with Gasteiger partial charge < -0.3 is 9.64 Å². The molecule has 2 aromatic rings. The van der Waals surface area contributed by atoms with Crippen molar-refractivity contribution in [3.8, 4) is 17.6 Å². The summed E-state index contributed by atoms with van der Waals surface area (Å²) in [7, 11) is -3.08. The minimum atomic E-state index is -3.08. The molecular weight excluding hydrogens is 412 g/mol. The van der Waals surface area contributed by atoms with Crippen molar-refractivity contribution in [1.82, 2.24) is 4.90 Å². The van der Waals surface area contributed by atoms with Crippen LogP contribution in [-0.4, -0.2) is 44.3 Å². The summed E-state index contributed by atoms with van der Waals surface area (Å²) in [5.74, 6) is 0.605. The summed E-state index contributed by atoms with van der Waals surface area (Å²) in [6, 6.07) is 13.7. The van der Waals surface area contributed by atoms with Crippen molar-refractivity contribution in [1.29, 1.82) is 5.26 Å². The van der Waals surface area contributed by atoms with Crippen molar-refractivity contribution in [2.24, 2.45) is 5.92 Å². The van der Waals surface area contributed by atoms with Crippen molar-refractivity contribution >= 4 is 27.3 Å². The van der Waals surface area contributed by atoms with Crippen molar-refractivity contribution in [2.75, 3.05) is 25.1 Å². The topological polar surface area (TPSA) is 87.5 Å². The predicted octanol–water partition coefficient (Wildman–Crippen LogP) is 3.90. The Hall–Kier alpha value is -2.56. The van der Waals surface area contributed by atoms with Crippen LogP contribution in [0, 0.1) is 17.2 Å². The van der Waals surface area contributed by atoms with Crippen molar-refractivity contribution < 1.29 is 17.9 Å². The minimum Gasteiger partial charge on any atom is -0.456 e. The monoisotopic (exact) mass is 432 g/mol. The van der Waals surface area contributed by atoms with Crippen LogP contribution < -0.4 is 4.74 Å². The summed E-state index contributed by atoms with van der Waals surface area (Å²) < 4.78 is 29.0. The van der Waals surface area contributed by atoms with Crippen LogP contribution in [0.2, 0.25) is 5.02 Å². The second-order valence-corrected chi connectivity index (χ2v) is 9.80. The van der Waals surface area contributed by atoms with Gasteiger partial charge in [-0.2, -0.15) is 5.26 Å². The van der Waals surface area contributed by atoms with Gasteiger partial charge in [0.05, 0.1) is 10.8 Å². The molecule has 0 saturated carbocycles. The lowest BCUT2D eigenvalue weighted by Crippen LogP contribution is -2.41. The van der Waals surface area contributed by atoms with E-state index in [1.807, 2.05) is 6.07 Å². The number of carbonyl (C=O) groups excluding carboxylic acids is 1. The summed E-state index contributed by atoms with van der Waals surface area (Å²) in [6.07, 6.45) is 2.79. The molecule has 1 aliphatic heterocycles. The Morgan fingerprint density at radius 1 is 1.31 bits per heavy atom. The zero-order valence-electron chi connectivity index (χ0n) is 16.0. The Morgan fingerprint density at radius 3 is 2.79 bits per heavy atom. The van der Waals surface area contributed by atoms with E-state index in [2.05, 4.69) is 0 Å². The Bertz CT molecular complexity index is 1060. The van der Waals surface area contributed by atoms with E-state index in [1.54, 1.807) is 47.4 Å². The number of likely N-dealkylation sites (tertiary alicyclic amines) is 1. The van der Waals surface area contributed by atoms with Gasteiger partial charge in [-0.05, 0) is 49.1 Å². The number of amides is 1. The van der Waals surface area contributed by atoms with Crippen molar-refractivity contribution in [3.05, 3.63) is 58.6 Å². The molecule has 1 aliphatic rings. The zero-order chi connectivity index (χ0) is 21.0. The van der Waals surface area contributed by atoms with Gasteiger partial charge in [-0.15, -0.1) is 0 Å². The Labute approximate surface area is 175 Å². The molecule has 0 bridgehead atoms. The lowest BCUT2D eigenvalue weighted by Gasteiger charge is -2.32. The molecule has 152 valence electrons. The van der Waals surface area contributed by atoms with Gasteiger partial charge in [-0.25, -0.2) is 8.42 Å². The molecule has 1 amide bonds. The molecule has 29 heavy (non-hydrogen) atoms. The number of halogens is 1. The highest BCUT2D eigenvalue weighted by molar-refractivity contribution is 7.90. The number of rotatable bonds is 5. The minimum absolute atomic E-state index is 0.0493. The van der Waals surface area contributed by atoms with E-state index >= 15 is 0 Å². The van der Waals surface area contributed by atoms with Crippen molar-refractivity contribution in [3.63, 3.8) is 0 Å². The van der Waals surface area contributed by atoms with Gasteiger partial charge in [0.25, 0.3) is 5.91 Å². The smallest absolute Gasteiger partial charge is 0.253 e. The largest absolute Gasteiger partial charge is 0.456 e. The van der Waals surface area contributed by atoms with Crippen LogP contribution in [0.5, 0.6) is 11.5 Å². The quantitative estimate of drug-likeness (QED) is 0.714. The highest BCUT2D eigenvalue weighted by Gasteiger charge is 2.27. The maximum absolute atomic E-state index is 12.9. The molecule has 0 aromatic heterocycles. The van der Waals surface area contributed by atoms with Crippen LogP contribution in [0.3, 0.4) is 0 Å². The molecule has 1 fully saturated rings. The summed E-state index contributed by atoms with van der Waals surface area (Å²) in [4.78, 5) is 14.6. The number of benzene rings is 2. The molecule has 2 aromatic carbocycles. The van der Waals surface area contributed by atoms with Crippen LogP contribution in [0.15, 0.2) is 42.5 Å². The first-order chi connectivity index (χ1) is 13.8. The summed E-state index contributed by atoms with van der Waals surface area (Å²) in [6.45, 7) is 1.01. The van der Waals surface area contributed by atoms with Gasteiger partial charge in [0, 0.05) is 24.9 Å². The van der Waals surface area contributed by atoms with E-state index in [1.165, 1.54) is 6.26 Å². The van der Waals surface area contributed by atoms with Gasteiger partial charge >= 0.3 is 0 Å². The fourth-order valence-corrected chi connectivity index (χ4v) is 4.85. The average molecular weight is 433 g/mol. The number of hydrogen-bond acceptors (Lipinski definition) is 5. The van der Waals surface area contributed by atoms with E-state index in [9.17, 15) is 18.5 Å². The maximum atomic E-state index is 12.9. The lowest BCUT2D eigenvalue weighted by molar-refractivity contribution is 0.0684. The fraction of sp³-hybridized carbons (Fsp3) is 0.333. The van der Waals surface area contributed by atoms with E-state index in [0.29, 0.717) is 35.2 Å². The molecular formula is C21H21ClN2O4S. The number of carbonyl (C=O) groups is 1. The summed E-state index contributed by atoms with van der Waals surface area (Å²) >= 11 is 6.03. The number of hydrogen-bond donors (Lipinski definition) is 0. The van der Waals surface area contributed by atoms with E-state index in [0.717, 1.165) is 12.8 Å². The summed E-state index contributed by atoms with van der Waals surface area (Å²) in [5.41, 5.74) is 0.675. The van der Waals surface area contributed by atoms with E-state index < -0.39 is 9.84 Å². The maximum Gasteiger partial charge on any atom is 0.253 e. The van der Waals surface area contributed by atoms with Gasteiger partial charge in [0.2, 0.25) is 0 Å². The second kappa shape index (κ2) is 8.85. The first kappa shape index (κ1) is 21.2. The standard InChI is InChI=1S/C21H21ClN2O4S/c1-29(26,27)14-15-5-4-10-24(13-15)21(25)16-6-2-7-17(11-16)28-20-9-3-8-19(22)18(20)12-23/h2-3,6-9,11,15H,4-5,10,13-14H2,1H3. The van der Waals surface area contributed by atoms with Crippen LogP contribution >= 0.6 is 11.6 Å². The van der Waals surface area contributed by atoms with E-state index in [4.69, 9.17) is 16.3 Å². The number of nitrogens with zero attached hydrogens (tertiary/aromatic N) is 2. The highest BCUT2D eigenvalue weighted by Crippen LogP contribution is 2.30. The first-order valence-electron chi connectivity index (χ1n) is 9.20.